The second-order valence-corrected chi connectivity index (χ2v) is 4.62. The largest absolute Gasteiger partial charge is 0.480 e. The summed E-state index contributed by atoms with van der Waals surface area (Å²) in [6.07, 6.45) is 0.950. The van der Waals surface area contributed by atoms with Crippen molar-refractivity contribution in [3.8, 4) is 0 Å². The van der Waals surface area contributed by atoms with Crippen LogP contribution < -0.4 is 10.6 Å². The van der Waals surface area contributed by atoms with Gasteiger partial charge in [0.05, 0.1) is 6.04 Å². The number of carboxylic acid groups (broad SMARTS) is 1. The molecule has 0 spiro atoms. The molecule has 0 saturated carbocycles. The summed E-state index contributed by atoms with van der Waals surface area (Å²) in [5.41, 5.74) is -1.21. The molecule has 0 aromatic heterocycles. The Balaban J connectivity index is 2.59. The van der Waals surface area contributed by atoms with Gasteiger partial charge in [-0.1, -0.05) is 6.92 Å². The Morgan fingerprint density at radius 2 is 2.07 bits per heavy atom. The molecule has 15 heavy (non-hydrogen) atoms. The summed E-state index contributed by atoms with van der Waals surface area (Å²) < 4.78 is 0. The maximum atomic E-state index is 11.7. The average Bonchev–Trinajstić information content (AvgIpc) is 2.50. The number of aliphatic carboxylic acids is 1. The number of nitrogens with one attached hydrogen (secondary N) is 2. The van der Waals surface area contributed by atoms with Crippen molar-refractivity contribution >= 4 is 11.9 Å². The standard InChI is InChI=1S/C10H18N2O3/c1-6-4-5-11-7(6)8(13)12-10(2,3)9(14)15/h6-7,11H,4-5H2,1-3H3,(H,12,13)(H,14,15). The van der Waals surface area contributed by atoms with Crippen LogP contribution in [-0.2, 0) is 9.59 Å². The Labute approximate surface area is 89.2 Å². The van der Waals surface area contributed by atoms with Crippen LogP contribution in [-0.4, -0.2) is 35.1 Å². The molecular weight excluding hydrogens is 196 g/mol. The molecule has 86 valence electrons. The molecule has 0 bridgehead atoms. The van der Waals surface area contributed by atoms with E-state index in [1.54, 1.807) is 0 Å². The lowest BCUT2D eigenvalue weighted by molar-refractivity contribution is -0.146. The normalized spacial score (nSPS) is 26.3. The van der Waals surface area contributed by atoms with Gasteiger partial charge >= 0.3 is 5.97 Å². The van der Waals surface area contributed by atoms with Crippen LogP contribution in [0.15, 0.2) is 0 Å². The molecule has 0 aromatic carbocycles. The Morgan fingerprint density at radius 1 is 1.47 bits per heavy atom. The predicted molar refractivity (Wildman–Crippen MR) is 55.4 cm³/mol. The van der Waals surface area contributed by atoms with Gasteiger partial charge in [-0.25, -0.2) is 4.79 Å². The first-order valence-electron chi connectivity index (χ1n) is 5.13. The maximum Gasteiger partial charge on any atom is 0.328 e. The maximum absolute atomic E-state index is 11.7. The smallest absolute Gasteiger partial charge is 0.328 e. The van der Waals surface area contributed by atoms with Crippen LogP contribution in [0.25, 0.3) is 0 Å². The summed E-state index contributed by atoms with van der Waals surface area (Å²) in [5, 5.41) is 14.5. The summed E-state index contributed by atoms with van der Waals surface area (Å²) in [6.45, 7) is 5.75. The Morgan fingerprint density at radius 3 is 2.47 bits per heavy atom. The first-order chi connectivity index (χ1) is 6.84. The van der Waals surface area contributed by atoms with Crippen LogP contribution >= 0.6 is 0 Å². The predicted octanol–water partition coefficient (Wildman–Crippen LogP) is -0.0362. The number of rotatable bonds is 3. The van der Waals surface area contributed by atoms with Crippen molar-refractivity contribution in [1.29, 1.82) is 0 Å². The van der Waals surface area contributed by atoms with Crippen LogP contribution in [0.2, 0.25) is 0 Å². The van der Waals surface area contributed by atoms with Crippen LogP contribution in [0.5, 0.6) is 0 Å². The third-order valence-electron chi connectivity index (χ3n) is 2.79. The fourth-order valence-corrected chi connectivity index (χ4v) is 1.62. The van der Waals surface area contributed by atoms with E-state index in [2.05, 4.69) is 10.6 Å². The molecule has 1 amide bonds. The molecule has 3 N–H and O–H groups in total. The fourth-order valence-electron chi connectivity index (χ4n) is 1.62. The second-order valence-electron chi connectivity index (χ2n) is 4.62. The Bertz CT molecular complexity index is 276. The third kappa shape index (κ3) is 2.68. The number of carbonyl (C=O) groups is 2. The lowest BCUT2D eigenvalue weighted by atomic mass is 10.00. The van der Waals surface area contributed by atoms with E-state index in [1.807, 2.05) is 6.92 Å². The summed E-state index contributed by atoms with van der Waals surface area (Å²) in [4.78, 5) is 22.6. The second kappa shape index (κ2) is 4.18. The molecule has 1 aliphatic heterocycles. The van der Waals surface area contributed by atoms with Crippen molar-refractivity contribution in [3.05, 3.63) is 0 Å². The highest BCUT2D eigenvalue weighted by molar-refractivity contribution is 5.89. The molecular formula is C10H18N2O3. The van der Waals surface area contributed by atoms with Crippen molar-refractivity contribution in [2.75, 3.05) is 6.54 Å². The van der Waals surface area contributed by atoms with Crippen LogP contribution in [0.3, 0.4) is 0 Å². The number of amides is 1. The van der Waals surface area contributed by atoms with Crippen molar-refractivity contribution in [3.63, 3.8) is 0 Å². The molecule has 2 atom stereocenters. The Hall–Kier alpha value is -1.10. The number of hydrogen-bond donors (Lipinski definition) is 3. The minimum absolute atomic E-state index is 0.229. The van der Waals surface area contributed by atoms with Crippen molar-refractivity contribution in [2.24, 2.45) is 5.92 Å². The van der Waals surface area contributed by atoms with Gasteiger partial charge in [0.1, 0.15) is 5.54 Å². The fraction of sp³-hybridized carbons (Fsp3) is 0.800. The van der Waals surface area contributed by atoms with E-state index >= 15 is 0 Å². The SMILES string of the molecule is CC1CCNC1C(=O)NC(C)(C)C(=O)O. The third-order valence-corrected chi connectivity index (χ3v) is 2.79. The molecule has 0 radical (unpaired) electrons. The zero-order valence-electron chi connectivity index (χ0n) is 9.33. The van der Waals surface area contributed by atoms with Crippen molar-refractivity contribution in [1.82, 2.24) is 10.6 Å². The van der Waals surface area contributed by atoms with Crippen molar-refractivity contribution in [2.45, 2.75) is 38.8 Å². The van der Waals surface area contributed by atoms with Crippen LogP contribution in [0.4, 0.5) is 0 Å². The minimum atomic E-state index is -1.21. The zero-order valence-corrected chi connectivity index (χ0v) is 9.33. The summed E-state index contributed by atoms with van der Waals surface area (Å²) >= 11 is 0. The van der Waals surface area contributed by atoms with Gasteiger partial charge in [0.25, 0.3) is 0 Å². The number of hydrogen-bond acceptors (Lipinski definition) is 3. The molecule has 0 aliphatic carbocycles. The highest BCUT2D eigenvalue weighted by atomic mass is 16.4. The highest BCUT2D eigenvalue weighted by Gasteiger charge is 2.35. The molecule has 1 saturated heterocycles. The van der Waals surface area contributed by atoms with E-state index in [4.69, 9.17) is 5.11 Å². The summed E-state index contributed by atoms with van der Waals surface area (Å²) in [5.74, 6) is -0.997. The first-order valence-corrected chi connectivity index (χ1v) is 5.13. The van der Waals surface area contributed by atoms with Crippen LogP contribution in [0, 0.1) is 5.92 Å². The molecule has 1 rings (SSSR count). The van der Waals surface area contributed by atoms with Gasteiger partial charge in [-0.3, -0.25) is 4.79 Å². The van der Waals surface area contributed by atoms with E-state index < -0.39 is 11.5 Å². The van der Waals surface area contributed by atoms with E-state index in [-0.39, 0.29) is 17.9 Å². The van der Waals surface area contributed by atoms with E-state index in [9.17, 15) is 9.59 Å². The molecule has 5 nitrogen and oxygen atoms in total. The van der Waals surface area contributed by atoms with Crippen LogP contribution in [0.1, 0.15) is 27.2 Å². The van der Waals surface area contributed by atoms with Crippen molar-refractivity contribution < 1.29 is 14.7 Å². The number of carbonyl (C=O) groups excluding carboxylic acids is 1. The lowest BCUT2D eigenvalue weighted by Crippen LogP contribution is -2.55. The van der Waals surface area contributed by atoms with Gasteiger partial charge in [-0.15, -0.1) is 0 Å². The van der Waals surface area contributed by atoms with Gasteiger partial charge in [-0.05, 0) is 32.7 Å². The Kier molecular flexibility index (Phi) is 3.34. The lowest BCUT2D eigenvalue weighted by Gasteiger charge is -2.24. The van der Waals surface area contributed by atoms with E-state index in [0.29, 0.717) is 0 Å². The molecule has 1 aliphatic rings. The van der Waals surface area contributed by atoms with Gasteiger partial charge in [0.15, 0.2) is 0 Å². The molecule has 5 heteroatoms. The quantitative estimate of drug-likeness (QED) is 0.616. The first kappa shape index (κ1) is 12.0. The number of carboxylic acids is 1. The van der Waals surface area contributed by atoms with Gasteiger partial charge in [-0.2, -0.15) is 0 Å². The molecule has 1 fully saturated rings. The average molecular weight is 214 g/mol. The van der Waals surface area contributed by atoms with Gasteiger partial charge in [0, 0.05) is 0 Å². The molecule has 0 aromatic rings. The van der Waals surface area contributed by atoms with Gasteiger partial charge in [0.2, 0.25) is 5.91 Å². The minimum Gasteiger partial charge on any atom is -0.480 e. The van der Waals surface area contributed by atoms with Gasteiger partial charge < -0.3 is 15.7 Å². The topological polar surface area (TPSA) is 78.4 Å². The zero-order chi connectivity index (χ0) is 11.6. The highest BCUT2D eigenvalue weighted by Crippen LogP contribution is 2.15. The summed E-state index contributed by atoms with van der Waals surface area (Å²) in [7, 11) is 0. The molecule has 2 unspecified atom stereocenters. The van der Waals surface area contributed by atoms with E-state index in [1.165, 1.54) is 13.8 Å². The monoisotopic (exact) mass is 214 g/mol. The van der Waals surface area contributed by atoms with E-state index in [0.717, 1.165) is 13.0 Å². The molecule has 1 heterocycles. The summed E-state index contributed by atoms with van der Waals surface area (Å²) in [6, 6.07) is -0.261.